The van der Waals surface area contributed by atoms with Crippen molar-refractivity contribution >= 4 is 78.7 Å². The third-order valence-corrected chi connectivity index (χ3v) is 4.82. The van der Waals surface area contributed by atoms with Crippen LogP contribution in [0.4, 0.5) is 0 Å². The van der Waals surface area contributed by atoms with Crippen LogP contribution in [-0.2, 0) is 4.43 Å². The topological polar surface area (TPSA) is 69.9 Å². The van der Waals surface area contributed by atoms with Gasteiger partial charge in [-0.2, -0.15) is 0 Å². The maximum atomic E-state index is 9.28. The van der Waals surface area contributed by atoms with Crippen LogP contribution in [0.5, 0.6) is 0 Å². The van der Waals surface area contributed by atoms with Gasteiger partial charge in [-0.3, -0.25) is 0 Å². The molecule has 0 amide bonds. The van der Waals surface area contributed by atoms with Crippen molar-refractivity contribution in [3.05, 3.63) is 0 Å². The van der Waals surface area contributed by atoms with Gasteiger partial charge in [-0.05, 0) is 38.5 Å². The number of alkyl halides is 6. The highest BCUT2D eigenvalue weighted by molar-refractivity contribution is 6.48. The first kappa shape index (κ1) is 22.8. The van der Waals surface area contributed by atoms with Crippen LogP contribution in [0.2, 0.25) is 0 Å². The summed E-state index contributed by atoms with van der Waals surface area (Å²) in [5.74, 6) is 0. The highest BCUT2D eigenvalue weighted by Gasteiger charge is 2.43. The molecular weight excluding hydrogens is 425 g/mol. The lowest BCUT2D eigenvalue weighted by Gasteiger charge is -2.37. The summed E-state index contributed by atoms with van der Waals surface area (Å²) < 4.78 is 5.13. The Bertz CT molecular complexity index is 256. The summed E-state index contributed by atoms with van der Waals surface area (Å²) in [7, 11) is -4.77. The molecule has 0 aromatic carbocycles. The smallest absolute Gasteiger partial charge is 0.368 e. The van der Waals surface area contributed by atoms with Crippen molar-refractivity contribution in [3.63, 3.8) is 0 Å². The minimum Gasteiger partial charge on any atom is -0.368 e. The quantitative estimate of drug-likeness (QED) is 0.335. The van der Waals surface area contributed by atoms with Gasteiger partial charge in [0.05, 0.1) is 5.60 Å². The van der Waals surface area contributed by atoms with E-state index in [9.17, 15) is 14.4 Å². The van der Waals surface area contributed by atoms with Crippen molar-refractivity contribution in [2.24, 2.45) is 0 Å². The zero-order valence-corrected chi connectivity index (χ0v) is 16.5. The summed E-state index contributed by atoms with van der Waals surface area (Å²) in [5, 5.41) is 0. The van der Waals surface area contributed by atoms with E-state index in [0.29, 0.717) is 19.3 Å². The van der Waals surface area contributed by atoms with Crippen LogP contribution in [0, 0.1) is 0 Å². The van der Waals surface area contributed by atoms with E-state index < -0.39 is 29.2 Å². The van der Waals surface area contributed by atoms with Gasteiger partial charge in [0.1, 0.15) is 14.5 Å². The molecule has 0 fully saturated rings. The van der Waals surface area contributed by atoms with Gasteiger partial charge in [-0.25, -0.2) is 0 Å². The molecule has 0 bridgehead atoms. The first-order valence-electron chi connectivity index (χ1n) is 6.17. The minimum absolute atomic E-state index is 0.266. The van der Waals surface area contributed by atoms with Gasteiger partial charge in [0.2, 0.25) is 0 Å². The van der Waals surface area contributed by atoms with Crippen molar-refractivity contribution in [2.45, 2.75) is 58.6 Å². The van der Waals surface area contributed by atoms with Gasteiger partial charge < -0.3 is 18.8 Å². The molecule has 0 aliphatic rings. The van der Waals surface area contributed by atoms with E-state index >= 15 is 0 Å². The molecule has 128 valence electrons. The van der Waals surface area contributed by atoms with Gasteiger partial charge in [0.25, 0.3) is 0 Å². The first-order chi connectivity index (χ1) is 9.46. The van der Waals surface area contributed by atoms with Gasteiger partial charge in [0.15, 0.2) is 0 Å². The van der Waals surface area contributed by atoms with Crippen LogP contribution in [0.15, 0.2) is 0 Å². The van der Waals surface area contributed by atoms with E-state index in [2.05, 4.69) is 0 Å². The fraction of sp³-hybridized carbons (Fsp3) is 1.00. The van der Waals surface area contributed by atoms with E-state index in [0.717, 1.165) is 0 Å². The lowest BCUT2D eigenvalue weighted by atomic mass is 9.88. The molecule has 0 spiro atoms. The molecule has 0 radical (unpaired) electrons. The van der Waals surface area contributed by atoms with Gasteiger partial charge >= 0.3 is 9.05 Å². The normalized spacial score (nSPS) is 13.7. The van der Waals surface area contributed by atoms with Crippen molar-refractivity contribution in [3.8, 4) is 0 Å². The van der Waals surface area contributed by atoms with Crippen molar-refractivity contribution < 1.29 is 18.8 Å². The summed E-state index contributed by atoms with van der Waals surface area (Å²) in [5.41, 5.74) is -1.11. The predicted molar refractivity (Wildman–Crippen MR) is 90.4 cm³/mol. The number of rotatable bonds is 11. The molecule has 0 atom stereocenters. The van der Waals surface area contributed by atoms with E-state index in [1.54, 1.807) is 0 Å². The van der Waals surface area contributed by atoms with Crippen LogP contribution >= 0.6 is 69.6 Å². The molecule has 0 aromatic heterocycles. The van der Waals surface area contributed by atoms with Crippen molar-refractivity contribution in [1.82, 2.24) is 0 Å². The lowest BCUT2D eigenvalue weighted by Crippen LogP contribution is -2.50. The zero-order valence-electron chi connectivity index (χ0n) is 11.0. The van der Waals surface area contributed by atoms with E-state index in [1.807, 2.05) is 0 Å². The Labute approximate surface area is 155 Å². The molecule has 11 heteroatoms. The highest BCUT2D eigenvalue weighted by atomic mass is 35.5. The molecule has 0 aliphatic heterocycles. The summed E-state index contributed by atoms with van der Waals surface area (Å²) in [4.78, 5) is 25.9. The monoisotopic (exact) mass is 440 g/mol. The standard InChI is InChI=1S/C10H18Cl6O4Si/c11-7(12)1-4-10(5-2-8(13)14,6-3-9(15)16)20-21(17,18)19/h7-9,17-19H,1-6H2. The molecule has 4 nitrogen and oxygen atoms in total. The number of hydrogen-bond acceptors (Lipinski definition) is 4. The zero-order chi connectivity index (χ0) is 16.7. The minimum atomic E-state index is -4.77. The third-order valence-electron chi connectivity index (χ3n) is 2.81. The maximum absolute atomic E-state index is 9.28. The van der Waals surface area contributed by atoms with Crippen LogP contribution in [0.3, 0.4) is 0 Å². The van der Waals surface area contributed by atoms with Crippen molar-refractivity contribution in [1.29, 1.82) is 0 Å². The lowest BCUT2D eigenvalue weighted by molar-refractivity contribution is -0.0587. The SMILES string of the molecule is O[Si](O)(O)OC(CCC(Cl)Cl)(CCC(Cl)Cl)CCC(Cl)Cl. The van der Waals surface area contributed by atoms with Gasteiger partial charge in [-0.1, -0.05) is 0 Å². The molecule has 0 saturated heterocycles. The number of halogens is 6. The highest BCUT2D eigenvalue weighted by Crippen LogP contribution is 2.36. The first-order valence-corrected chi connectivity index (χ1v) is 10.5. The van der Waals surface area contributed by atoms with Crippen LogP contribution in [0.25, 0.3) is 0 Å². The second-order valence-electron chi connectivity index (χ2n) is 4.65. The fourth-order valence-corrected chi connectivity index (χ4v) is 3.48. The third kappa shape index (κ3) is 12.8. The average molecular weight is 443 g/mol. The fourth-order valence-electron chi connectivity index (χ4n) is 1.94. The Balaban J connectivity index is 5.04. The van der Waals surface area contributed by atoms with Crippen LogP contribution in [0.1, 0.15) is 38.5 Å². The molecule has 3 N–H and O–H groups in total. The van der Waals surface area contributed by atoms with Crippen LogP contribution in [-0.4, -0.2) is 43.5 Å². The average Bonchev–Trinajstić information content (AvgIpc) is 2.29. The largest absolute Gasteiger partial charge is 0.671 e. The Morgan fingerprint density at radius 3 is 1.19 bits per heavy atom. The van der Waals surface area contributed by atoms with Crippen LogP contribution < -0.4 is 0 Å². The Morgan fingerprint density at radius 1 is 0.714 bits per heavy atom. The summed E-state index contributed by atoms with van der Waals surface area (Å²) >= 11 is 34.3. The summed E-state index contributed by atoms with van der Waals surface area (Å²) in [6.07, 6.45) is 1.75. The Kier molecular flexibility index (Phi) is 11.5. The van der Waals surface area contributed by atoms with Gasteiger partial charge in [0, 0.05) is 0 Å². The van der Waals surface area contributed by atoms with Crippen molar-refractivity contribution in [2.75, 3.05) is 0 Å². The second kappa shape index (κ2) is 10.6. The molecule has 0 aromatic rings. The summed E-state index contributed by atoms with van der Waals surface area (Å²) in [6.45, 7) is 0. The molecule has 0 rings (SSSR count). The molecule has 0 heterocycles. The molecule has 21 heavy (non-hydrogen) atoms. The Morgan fingerprint density at radius 2 is 1.00 bits per heavy atom. The maximum Gasteiger partial charge on any atom is 0.671 e. The Hall–Kier alpha value is 1.80. The predicted octanol–water partition coefficient (Wildman–Crippen LogP) is 3.91. The molecule has 0 aliphatic carbocycles. The van der Waals surface area contributed by atoms with Gasteiger partial charge in [-0.15, -0.1) is 69.6 Å². The summed E-state index contributed by atoms with van der Waals surface area (Å²) in [6, 6.07) is 0. The number of hydrogen-bond donors (Lipinski definition) is 3. The molecule has 0 saturated carbocycles. The second-order valence-corrected chi connectivity index (χ2v) is 9.83. The van der Waals surface area contributed by atoms with E-state index in [1.165, 1.54) is 0 Å². The molecular formula is C10H18Cl6O4Si. The van der Waals surface area contributed by atoms with E-state index in [-0.39, 0.29) is 19.3 Å². The van der Waals surface area contributed by atoms with E-state index in [4.69, 9.17) is 74.0 Å². The molecule has 0 unspecified atom stereocenters.